The second-order valence-electron chi connectivity index (χ2n) is 5.90. The van der Waals surface area contributed by atoms with E-state index in [1.54, 1.807) is 0 Å². The number of aliphatic carboxylic acids is 1. The highest BCUT2D eigenvalue weighted by Crippen LogP contribution is 2.18. The van der Waals surface area contributed by atoms with E-state index in [2.05, 4.69) is 42.8 Å². The van der Waals surface area contributed by atoms with Gasteiger partial charge in [-0.05, 0) is 41.0 Å². The van der Waals surface area contributed by atoms with Gasteiger partial charge in [0.15, 0.2) is 0 Å². The number of hydrogen-bond acceptors (Lipinski definition) is 4. The number of hydrogen-bond donors (Lipinski definition) is 1. The average molecular weight is 257 g/mol. The van der Waals surface area contributed by atoms with Gasteiger partial charge < -0.3 is 19.8 Å². The summed E-state index contributed by atoms with van der Waals surface area (Å²) in [7, 11) is 6.39. The molecule has 0 saturated carbocycles. The molecular formula is C13H27N3O2. The van der Waals surface area contributed by atoms with Crippen molar-refractivity contribution in [3.63, 3.8) is 0 Å². The normalized spacial score (nSPS) is 27.4. The molecule has 0 radical (unpaired) electrons. The molecule has 0 amide bonds. The molecule has 0 aliphatic carbocycles. The molecule has 1 aliphatic rings. The molecule has 5 heteroatoms. The molecule has 0 spiro atoms. The Morgan fingerprint density at radius 2 is 2.00 bits per heavy atom. The van der Waals surface area contributed by atoms with Gasteiger partial charge >= 0.3 is 5.97 Å². The van der Waals surface area contributed by atoms with E-state index < -0.39 is 5.97 Å². The Kier molecular flexibility index (Phi) is 5.56. The summed E-state index contributed by atoms with van der Waals surface area (Å²) < 4.78 is 0. The minimum atomic E-state index is -0.697. The Labute approximate surface area is 110 Å². The second kappa shape index (κ2) is 6.50. The molecular weight excluding hydrogens is 230 g/mol. The van der Waals surface area contributed by atoms with Crippen LogP contribution in [0.4, 0.5) is 0 Å². The molecule has 106 valence electrons. The number of rotatable bonds is 5. The van der Waals surface area contributed by atoms with Gasteiger partial charge in [-0.15, -0.1) is 0 Å². The van der Waals surface area contributed by atoms with Crippen LogP contribution >= 0.6 is 0 Å². The Balaban J connectivity index is 2.55. The molecule has 1 heterocycles. The molecule has 0 aromatic rings. The van der Waals surface area contributed by atoms with Crippen molar-refractivity contribution in [2.45, 2.75) is 25.3 Å². The van der Waals surface area contributed by atoms with Crippen LogP contribution in [-0.2, 0) is 4.79 Å². The summed E-state index contributed by atoms with van der Waals surface area (Å²) in [5.74, 6) is -0.697. The van der Waals surface area contributed by atoms with Crippen molar-refractivity contribution in [1.82, 2.24) is 14.7 Å². The Bertz CT molecular complexity index is 283. The summed E-state index contributed by atoms with van der Waals surface area (Å²) in [5, 5.41) is 8.70. The first-order valence-electron chi connectivity index (χ1n) is 6.63. The maximum atomic E-state index is 10.6. The predicted octanol–water partition coefficient (Wildman–Crippen LogP) is 0.419. The van der Waals surface area contributed by atoms with Gasteiger partial charge in [0, 0.05) is 38.1 Å². The van der Waals surface area contributed by atoms with Gasteiger partial charge in [-0.25, -0.2) is 0 Å². The van der Waals surface area contributed by atoms with Crippen molar-refractivity contribution in [2.75, 3.05) is 53.9 Å². The third kappa shape index (κ3) is 4.55. The molecule has 0 bridgehead atoms. The van der Waals surface area contributed by atoms with Gasteiger partial charge in [0.2, 0.25) is 0 Å². The van der Waals surface area contributed by atoms with Crippen LogP contribution in [0.1, 0.15) is 19.8 Å². The van der Waals surface area contributed by atoms with Crippen LogP contribution in [-0.4, -0.2) is 85.2 Å². The minimum absolute atomic E-state index is 0.133. The van der Waals surface area contributed by atoms with Crippen LogP contribution < -0.4 is 0 Å². The van der Waals surface area contributed by atoms with Crippen molar-refractivity contribution in [2.24, 2.45) is 0 Å². The first-order chi connectivity index (χ1) is 8.33. The number of likely N-dealkylation sites (N-methyl/N-ethyl adjacent to an activating group) is 2. The maximum Gasteiger partial charge on any atom is 0.303 e. The van der Waals surface area contributed by atoms with Crippen molar-refractivity contribution in [1.29, 1.82) is 0 Å². The van der Waals surface area contributed by atoms with Gasteiger partial charge in [-0.1, -0.05) is 0 Å². The van der Waals surface area contributed by atoms with Crippen molar-refractivity contribution < 1.29 is 9.90 Å². The molecule has 5 nitrogen and oxygen atoms in total. The molecule has 1 unspecified atom stereocenters. The lowest BCUT2D eigenvalue weighted by atomic mass is 10.00. The van der Waals surface area contributed by atoms with Gasteiger partial charge in [-0.3, -0.25) is 4.79 Å². The number of nitrogens with zero attached hydrogens (tertiary/aromatic N) is 3. The quantitative estimate of drug-likeness (QED) is 0.773. The molecule has 1 N–H and O–H groups in total. The van der Waals surface area contributed by atoms with Crippen LogP contribution in [0.5, 0.6) is 0 Å². The zero-order valence-corrected chi connectivity index (χ0v) is 12.1. The zero-order chi connectivity index (χ0) is 13.8. The Morgan fingerprint density at radius 3 is 2.56 bits per heavy atom. The zero-order valence-electron chi connectivity index (χ0n) is 12.1. The topological polar surface area (TPSA) is 47.0 Å². The number of carboxylic acids is 1. The monoisotopic (exact) mass is 257 g/mol. The molecule has 18 heavy (non-hydrogen) atoms. The highest BCUT2D eigenvalue weighted by molar-refractivity contribution is 5.66. The third-order valence-electron chi connectivity index (χ3n) is 3.92. The first kappa shape index (κ1) is 15.4. The van der Waals surface area contributed by atoms with E-state index in [0.29, 0.717) is 0 Å². The smallest absolute Gasteiger partial charge is 0.303 e. The molecule has 1 fully saturated rings. The van der Waals surface area contributed by atoms with Gasteiger partial charge in [-0.2, -0.15) is 0 Å². The molecule has 0 aromatic carbocycles. The summed E-state index contributed by atoms with van der Waals surface area (Å²) in [6, 6.07) is 0. The van der Waals surface area contributed by atoms with E-state index in [1.807, 2.05) is 0 Å². The fourth-order valence-electron chi connectivity index (χ4n) is 2.51. The first-order valence-corrected chi connectivity index (χ1v) is 6.63. The summed E-state index contributed by atoms with van der Waals surface area (Å²) >= 11 is 0. The highest BCUT2D eigenvalue weighted by Gasteiger charge is 2.33. The van der Waals surface area contributed by atoms with E-state index in [0.717, 1.165) is 39.1 Å². The summed E-state index contributed by atoms with van der Waals surface area (Å²) in [4.78, 5) is 17.6. The standard InChI is InChI=1S/C13H27N3O2/c1-13(14(2)3)10-15(4)8-9-16(11-13)7-5-6-12(17)18/h5-11H2,1-4H3,(H,17,18). The van der Waals surface area contributed by atoms with Crippen molar-refractivity contribution in [3.05, 3.63) is 0 Å². The van der Waals surface area contributed by atoms with E-state index in [9.17, 15) is 4.79 Å². The molecule has 1 saturated heterocycles. The Morgan fingerprint density at radius 1 is 1.33 bits per heavy atom. The third-order valence-corrected chi connectivity index (χ3v) is 3.92. The molecule has 1 aliphatic heterocycles. The maximum absolute atomic E-state index is 10.6. The van der Waals surface area contributed by atoms with E-state index in [4.69, 9.17) is 5.11 Å². The molecule has 0 aromatic heterocycles. The lowest BCUT2D eigenvalue weighted by Crippen LogP contribution is -2.54. The van der Waals surface area contributed by atoms with E-state index in [1.165, 1.54) is 0 Å². The second-order valence-corrected chi connectivity index (χ2v) is 5.90. The van der Waals surface area contributed by atoms with Crippen LogP contribution in [0.3, 0.4) is 0 Å². The number of carbonyl (C=O) groups is 1. The van der Waals surface area contributed by atoms with E-state index in [-0.39, 0.29) is 12.0 Å². The molecule has 1 atom stereocenters. The largest absolute Gasteiger partial charge is 0.481 e. The predicted molar refractivity (Wildman–Crippen MR) is 72.9 cm³/mol. The van der Waals surface area contributed by atoms with Crippen molar-refractivity contribution >= 4 is 5.97 Å². The number of carboxylic acid groups (broad SMARTS) is 1. The minimum Gasteiger partial charge on any atom is -0.481 e. The van der Waals surface area contributed by atoms with Crippen LogP contribution in [0, 0.1) is 0 Å². The van der Waals surface area contributed by atoms with Crippen molar-refractivity contribution in [3.8, 4) is 0 Å². The summed E-state index contributed by atoms with van der Waals surface area (Å²) in [6.45, 7) is 7.29. The van der Waals surface area contributed by atoms with E-state index >= 15 is 0 Å². The van der Waals surface area contributed by atoms with Gasteiger partial charge in [0.05, 0.1) is 0 Å². The lowest BCUT2D eigenvalue weighted by Gasteiger charge is -2.39. The van der Waals surface area contributed by atoms with Crippen LogP contribution in [0.2, 0.25) is 0 Å². The summed E-state index contributed by atoms with van der Waals surface area (Å²) in [5.41, 5.74) is 0.133. The fraction of sp³-hybridized carbons (Fsp3) is 0.923. The molecule has 1 rings (SSSR count). The van der Waals surface area contributed by atoms with Crippen LogP contribution in [0.25, 0.3) is 0 Å². The van der Waals surface area contributed by atoms with Crippen LogP contribution in [0.15, 0.2) is 0 Å². The highest BCUT2D eigenvalue weighted by atomic mass is 16.4. The van der Waals surface area contributed by atoms with Gasteiger partial charge in [0.1, 0.15) is 0 Å². The lowest BCUT2D eigenvalue weighted by molar-refractivity contribution is -0.137. The summed E-state index contributed by atoms with van der Waals surface area (Å²) in [6.07, 6.45) is 1.01. The average Bonchev–Trinajstić information content (AvgIpc) is 2.38. The fourth-order valence-corrected chi connectivity index (χ4v) is 2.51. The Hall–Kier alpha value is -0.650. The SMILES string of the molecule is CN1CCN(CCCC(=O)O)CC(C)(N(C)C)C1. The van der Waals surface area contributed by atoms with Gasteiger partial charge in [0.25, 0.3) is 0 Å².